The first-order valence-electron chi connectivity index (χ1n) is 5.29. The molecule has 0 saturated heterocycles. The van der Waals surface area contributed by atoms with Crippen molar-refractivity contribution >= 4 is 0 Å². The SMILES string of the molecule is CC(C)(O)C[C](C1CC1)C(C)(C)C. The van der Waals surface area contributed by atoms with Gasteiger partial charge in [0.15, 0.2) is 0 Å². The summed E-state index contributed by atoms with van der Waals surface area (Å²) in [6, 6.07) is 0. The highest BCUT2D eigenvalue weighted by Gasteiger charge is 2.41. The van der Waals surface area contributed by atoms with Gasteiger partial charge in [-0.1, -0.05) is 20.8 Å². The number of hydrogen-bond donors (Lipinski definition) is 1. The Morgan fingerprint density at radius 1 is 1.15 bits per heavy atom. The van der Waals surface area contributed by atoms with Crippen LogP contribution < -0.4 is 0 Å². The maximum atomic E-state index is 9.81. The topological polar surface area (TPSA) is 20.2 Å². The Balaban J connectivity index is 2.58. The molecule has 1 rings (SSSR count). The normalized spacial score (nSPS) is 19.6. The average Bonchev–Trinajstić information content (AvgIpc) is 2.58. The van der Waals surface area contributed by atoms with Crippen molar-refractivity contribution in [3.8, 4) is 0 Å². The van der Waals surface area contributed by atoms with E-state index in [1.165, 1.54) is 12.8 Å². The Kier molecular flexibility index (Phi) is 2.78. The second-order valence-electron chi connectivity index (χ2n) is 6.04. The van der Waals surface area contributed by atoms with Gasteiger partial charge in [-0.2, -0.15) is 0 Å². The van der Waals surface area contributed by atoms with Crippen LogP contribution in [-0.4, -0.2) is 10.7 Å². The fourth-order valence-electron chi connectivity index (χ4n) is 1.92. The summed E-state index contributed by atoms with van der Waals surface area (Å²) in [6.45, 7) is 10.6. The molecule has 0 spiro atoms. The summed E-state index contributed by atoms with van der Waals surface area (Å²) >= 11 is 0. The molecule has 1 N–H and O–H groups in total. The molecule has 1 nitrogen and oxygen atoms in total. The molecule has 0 bridgehead atoms. The van der Waals surface area contributed by atoms with Crippen LogP contribution in [0, 0.1) is 17.3 Å². The van der Waals surface area contributed by atoms with Crippen LogP contribution in [-0.2, 0) is 0 Å². The van der Waals surface area contributed by atoms with E-state index in [0.717, 1.165) is 12.3 Å². The zero-order valence-electron chi connectivity index (χ0n) is 9.65. The molecular formula is C12H23O. The van der Waals surface area contributed by atoms with Crippen molar-refractivity contribution in [1.29, 1.82) is 0 Å². The lowest BCUT2D eigenvalue weighted by Crippen LogP contribution is -2.30. The molecule has 0 heterocycles. The van der Waals surface area contributed by atoms with Gasteiger partial charge in [0.2, 0.25) is 0 Å². The fourth-order valence-corrected chi connectivity index (χ4v) is 1.92. The van der Waals surface area contributed by atoms with E-state index in [9.17, 15) is 5.11 Å². The van der Waals surface area contributed by atoms with E-state index >= 15 is 0 Å². The van der Waals surface area contributed by atoms with E-state index in [-0.39, 0.29) is 5.41 Å². The van der Waals surface area contributed by atoms with E-state index in [1.54, 1.807) is 5.92 Å². The van der Waals surface area contributed by atoms with Crippen molar-refractivity contribution in [3.05, 3.63) is 5.92 Å². The highest BCUT2D eigenvalue weighted by Crippen LogP contribution is 2.50. The van der Waals surface area contributed by atoms with Gasteiger partial charge in [0, 0.05) is 0 Å². The van der Waals surface area contributed by atoms with Gasteiger partial charge in [0.25, 0.3) is 0 Å². The molecule has 1 radical (unpaired) electrons. The van der Waals surface area contributed by atoms with Gasteiger partial charge in [-0.15, -0.1) is 0 Å². The van der Waals surface area contributed by atoms with Crippen molar-refractivity contribution in [2.75, 3.05) is 0 Å². The third-order valence-electron chi connectivity index (χ3n) is 2.66. The second kappa shape index (κ2) is 3.27. The summed E-state index contributed by atoms with van der Waals surface area (Å²) in [7, 11) is 0. The molecule has 0 unspecified atom stereocenters. The molecule has 1 aliphatic rings. The summed E-state index contributed by atoms with van der Waals surface area (Å²) < 4.78 is 0. The minimum atomic E-state index is -0.537. The van der Waals surface area contributed by atoms with E-state index in [4.69, 9.17) is 0 Å². The van der Waals surface area contributed by atoms with Crippen LogP contribution in [0.5, 0.6) is 0 Å². The molecule has 0 atom stereocenters. The van der Waals surface area contributed by atoms with Crippen LogP contribution in [0.15, 0.2) is 0 Å². The first-order valence-corrected chi connectivity index (χ1v) is 5.29. The van der Waals surface area contributed by atoms with Gasteiger partial charge in [0.05, 0.1) is 5.60 Å². The van der Waals surface area contributed by atoms with Crippen molar-refractivity contribution in [2.45, 2.75) is 59.5 Å². The number of aliphatic hydroxyl groups is 1. The maximum absolute atomic E-state index is 9.81. The molecule has 0 aromatic heterocycles. The van der Waals surface area contributed by atoms with Crippen LogP contribution >= 0.6 is 0 Å². The van der Waals surface area contributed by atoms with Crippen LogP contribution in [0.3, 0.4) is 0 Å². The predicted octanol–water partition coefficient (Wildman–Crippen LogP) is 3.18. The molecule has 0 amide bonds. The Labute approximate surface area is 82.5 Å². The average molecular weight is 183 g/mol. The molecular weight excluding hydrogens is 160 g/mol. The highest BCUT2D eigenvalue weighted by atomic mass is 16.3. The van der Waals surface area contributed by atoms with E-state index in [1.807, 2.05) is 13.8 Å². The number of rotatable bonds is 3. The Morgan fingerprint density at radius 3 is 1.85 bits per heavy atom. The molecule has 1 heteroatoms. The lowest BCUT2D eigenvalue weighted by Gasteiger charge is -2.34. The quantitative estimate of drug-likeness (QED) is 0.712. The van der Waals surface area contributed by atoms with Gasteiger partial charge >= 0.3 is 0 Å². The van der Waals surface area contributed by atoms with Crippen molar-refractivity contribution < 1.29 is 5.11 Å². The summed E-state index contributed by atoms with van der Waals surface area (Å²) in [5.74, 6) is 2.35. The zero-order chi connectivity index (χ0) is 10.3. The van der Waals surface area contributed by atoms with Gasteiger partial charge in [0.1, 0.15) is 0 Å². The summed E-state index contributed by atoms with van der Waals surface area (Å²) in [6.07, 6.45) is 3.53. The minimum absolute atomic E-state index is 0.265. The molecule has 13 heavy (non-hydrogen) atoms. The molecule has 1 aliphatic carbocycles. The van der Waals surface area contributed by atoms with Crippen LogP contribution in [0.1, 0.15) is 53.9 Å². The van der Waals surface area contributed by atoms with Gasteiger partial charge in [-0.25, -0.2) is 0 Å². The maximum Gasteiger partial charge on any atom is 0.0597 e. The molecule has 1 fully saturated rings. The molecule has 0 aromatic carbocycles. The molecule has 77 valence electrons. The minimum Gasteiger partial charge on any atom is -0.390 e. The first-order chi connectivity index (χ1) is 5.70. The third kappa shape index (κ3) is 3.68. The van der Waals surface area contributed by atoms with Crippen molar-refractivity contribution in [2.24, 2.45) is 11.3 Å². The monoisotopic (exact) mass is 183 g/mol. The largest absolute Gasteiger partial charge is 0.390 e. The van der Waals surface area contributed by atoms with Gasteiger partial charge < -0.3 is 5.11 Å². The highest BCUT2D eigenvalue weighted by molar-refractivity contribution is 5.12. The molecule has 0 aromatic rings. The van der Waals surface area contributed by atoms with Crippen molar-refractivity contribution in [3.63, 3.8) is 0 Å². The zero-order valence-corrected chi connectivity index (χ0v) is 9.65. The Bertz CT molecular complexity index is 167. The van der Waals surface area contributed by atoms with Crippen LogP contribution in [0.25, 0.3) is 0 Å². The smallest absolute Gasteiger partial charge is 0.0597 e. The third-order valence-corrected chi connectivity index (χ3v) is 2.66. The van der Waals surface area contributed by atoms with Crippen molar-refractivity contribution in [1.82, 2.24) is 0 Å². The first kappa shape index (κ1) is 11.0. The standard InChI is InChI=1S/C12H23O/c1-11(2,3)10(9-6-7-9)8-12(4,5)13/h9,13H,6-8H2,1-5H3. The summed E-state index contributed by atoms with van der Waals surface area (Å²) in [5.41, 5.74) is -0.271. The Hall–Kier alpha value is -0.0400. The van der Waals surface area contributed by atoms with Crippen LogP contribution in [0.4, 0.5) is 0 Å². The second-order valence-corrected chi connectivity index (χ2v) is 6.04. The van der Waals surface area contributed by atoms with E-state index in [0.29, 0.717) is 0 Å². The fraction of sp³-hybridized carbons (Fsp3) is 0.917. The lowest BCUT2D eigenvalue weighted by molar-refractivity contribution is 0.0637. The summed E-state index contributed by atoms with van der Waals surface area (Å²) in [4.78, 5) is 0. The molecule has 0 aliphatic heterocycles. The lowest BCUT2D eigenvalue weighted by atomic mass is 9.72. The van der Waals surface area contributed by atoms with E-state index in [2.05, 4.69) is 20.8 Å². The summed E-state index contributed by atoms with van der Waals surface area (Å²) in [5, 5.41) is 9.81. The number of hydrogen-bond acceptors (Lipinski definition) is 1. The van der Waals surface area contributed by atoms with Gasteiger partial charge in [-0.05, 0) is 50.4 Å². The van der Waals surface area contributed by atoms with Gasteiger partial charge in [-0.3, -0.25) is 0 Å². The molecule has 1 saturated carbocycles. The predicted molar refractivity (Wildman–Crippen MR) is 56.3 cm³/mol. The van der Waals surface area contributed by atoms with Crippen LogP contribution in [0.2, 0.25) is 0 Å². The van der Waals surface area contributed by atoms with E-state index < -0.39 is 5.60 Å². The Morgan fingerprint density at radius 2 is 1.62 bits per heavy atom.